The fourth-order valence-corrected chi connectivity index (χ4v) is 4.86. The van der Waals surface area contributed by atoms with Crippen LogP contribution in [-0.2, 0) is 6.54 Å². The number of benzene rings is 2. The lowest BCUT2D eigenvalue weighted by atomic mass is 10.0. The summed E-state index contributed by atoms with van der Waals surface area (Å²) in [5, 5.41) is 14.7. The van der Waals surface area contributed by atoms with Crippen molar-refractivity contribution in [3.05, 3.63) is 70.2 Å². The van der Waals surface area contributed by atoms with E-state index in [-0.39, 0.29) is 0 Å². The zero-order valence-electron chi connectivity index (χ0n) is 20.0. The van der Waals surface area contributed by atoms with Crippen molar-refractivity contribution in [3.8, 4) is 22.9 Å². The molecule has 0 unspecified atom stereocenters. The Bertz CT molecular complexity index is 1450. The highest BCUT2D eigenvalue weighted by Gasteiger charge is 2.17. The maximum atomic E-state index is 9.80. The van der Waals surface area contributed by atoms with E-state index in [4.69, 9.17) is 32.4 Å². The molecule has 0 bridgehead atoms. The van der Waals surface area contributed by atoms with E-state index in [1.807, 2.05) is 18.2 Å². The standard InChI is InChI=1S/C27H25Cl2N5O2/c1-33-5-7-34(8-6-33)15-20-9-18(16-36-20)17-3-4-24-21(10-17)27(19(13-30)14-31-24)32-25-12-26(35-2)23(29)11-22(25)28/h3-4,9-12,14,16H,5-8,15H2,1-2H3,(H,31,32). The molecule has 0 atom stereocenters. The minimum absolute atomic E-state index is 0.396. The number of furan rings is 1. The molecule has 1 aliphatic rings. The third-order valence-corrected chi connectivity index (χ3v) is 7.06. The molecule has 5 rings (SSSR count). The number of fused-ring (bicyclic) bond motifs is 1. The average Bonchev–Trinajstić information content (AvgIpc) is 3.35. The lowest BCUT2D eigenvalue weighted by Crippen LogP contribution is -2.43. The molecule has 4 aromatic rings. The van der Waals surface area contributed by atoms with Crippen molar-refractivity contribution in [2.24, 2.45) is 0 Å². The van der Waals surface area contributed by atoms with E-state index in [1.165, 1.54) is 7.11 Å². The van der Waals surface area contributed by atoms with E-state index in [9.17, 15) is 5.26 Å². The smallest absolute Gasteiger partial charge is 0.139 e. The molecule has 9 heteroatoms. The number of hydrogen-bond acceptors (Lipinski definition) is 7. The van der Waals surface area contributed by atoms with Gasteiger partial charge in [0.2, 0.25) is 0 Å². The molecule has 0 saturated carbocycles. The summed E-state index contributed by atoms with van der Waals surface area (Å²) >= 11 is 12.7. The topological polar surface area (TPSA) is 77.6 Å². The van der Waals surface area contributed by atoms with E-state index in [0.29, 0.717) is 32.7 Å². The maximum Gasteiger partial charge on any atom is 0.139 e. The largest absolute Gasteiger partial charge is 0.495 e. The number of nitrogens with one attached hydrogen (secondary N) is 1. The van der Waals surface area contributed by atoms with Crippen molar-refractivity contribution in [1.29, 1.82) is 5.26 Å². The van der Waals surface area contributed by atoms with Crippen LogP contribution in [-0.4, -0.2) is 55.1 Å². The Morgan fingerprint density at radius 3 is 2.64 bits per heavy atom. The summed E-state index contributed by atoms with van der Waals surface area (Å²) in [7, 11) is 3.69. The van der Waals surface area contributed by atoms with Gasteiger partial charge in [0.05, 0.1) is 52.4 Å². The molecule has 0 aliphatic carbocycles. The van der Waals surface area contributed by atoms with E-state index in [0.717, 1.165) is 60.5 Å². The fraction of sp³-hybridized carbons (Fsp3) is 0.259. The number of aromatic nitrogens is 1. The van der Waals surface area contributed by atoms with Crippen LogP contribution in [0.1, 0.15) is 11.3 Å². The predicted octanol–water partition coefficient (Wildman–Crippen LogP) is 6.17. The van der Waals surface area contributed by atoms with E-state index in [2.05, 4.69) is 39.3 Å². The van der Waals surface area contributed by atoms with Crippen molar-refractivity contribution in [2.75, 3.05) is 45.7 Å². The van der Waals surface area contributed by atoms with Crippen LogP contribution >= 0.6 is 23.2 Å². The zero-order valence-corrected chi connectivity index (χ0v) is 21.5. The maximum absolute atomic E-state index is 9.80. The highest BCUT2D eigenvalue weighted by Crippen LogP contribution is 2.38. The van der Waals surface area contributed by atoms with Gasteiger partial charge in [-0.15, -0.1) is 0 Å². The van der Waals surface area contributed by atoms with Crippen LogP contribution in [0.3, 0.4) is 0 Å². The van der Waals surface area contributed by atoms with Gasteiger partial charge in [-0.3, -0.25) is 9.88 Å². The number of hydrogen-bond donors (Lipinski definition) is 1. The summed E-state index contributed by atoms with van der Waals surface area (Å²) in [6.07, 6.45) is 3.33. The van der Waals surface area contributed by atoms with Gasteiger partial charge in [-0.1, -0.05) is 29.3 Å². The molecule has 2 aromatic carbocycles. The predicted molar refractivity (Wildman–Crippen MR) is 143 cm³/mol. The van der Waals surface area contributed by atoms with Gasteiger partial charge in [-0.25, -0.2) is 0 Å². The Balaban J connectivity index is 1.49. The minimum Gasteiger partial charge on any atom is -0.495 e. The summed E-state index contributed by atoms with van der Waals surface area (Å²) in [4.78, 5) is 9.21. The van der Waals surface area contributed by atoms with Crippen LogP contribution in [0, 0.1) is 11.3 Å². The second kappa shape index (κ2) is 10.4. The molecule has 1 fully saturated rings. The average molecular weight is 522 g/mol. The number of methoxy groups -OCH3 is 1. The van der Waals surface area contributed by atoms with E-state index < -0.39 is 0 Å². The molecule has 36 heavy (non-hydrogen) atoms. The van der Waals surface area contributed by atoms with Crippen LogP contribution in [0.15, 0.2) is 53.3 Å². The van der Waals surface area contributed by atoms with Gasteiger partial charge in [0, 0.05) is 49.4 Å². The molecule has 1 N–H and O–H groups in total. The van der Waals surface area contributed by atoms with Crippen molar-refractivity contribution in [2.45, 2.75) is 6.54 Å². The number of pyridine rings is 1. The summed E-state index contributed by atoms with van der Waals surface area (Å²) < 4.78 is 11.2. The molecule has 0 radical (unpaired) electrons. The summed E-state index contributed by atoms with van der Waals surface area (Å²) in [5.74, 6) is 1.41. The quantitative estimate of drug-likeness (QED) is 0.324. The van der Waals surface area contributed by atoms with Gasteiger partial charge in [-0.2, -0.15) is 5.26 Å². The lowest BCUT2D eigenvalue weighted by Gasteiger charge is -2.31. The summed E-state index contributed by atoms with van der Waals surface area (Å²) in [6, 6.07) is 13.6. The first-order valence-corrected chi connectivity index (χ1v) is 12.3. The number of halogens is 2. The van der Waals surface area contributed by atoms with Crippen LogP contribution in [0.5, 0.6) is 5.75 Å². The second-order valence-corrected chi connectivity index (χ2v) is 9.68. The monoisotopic (exact) mass is 521 g/mol. The number of nitriles is 1. The van der Waals surface area contributed by atoms with Gasteiger partial charge in [0.25, 0.3) is 0 Å². The van der Waals surface area contributed by atoms with Crippen molar-refractivity contribution in [1.82, 2.24) is 14.8 Å². The molecule has 184 valence electrons. The Hall–Kier alpha value is -3.28. The highest BCUT2D eigenvalue weighted by molar-refractivity contribution is 6.37. The number of nitrogens with zero attached hydrogens (tertiary/aromatic N) is 4. The first-order chi connectivity index (χ1) is 17.4. The number of ether oxygens (including phenoxy) is 1. The van der Waals surface area contributed by atoms with E-state index in [1.54, 1.807) is 24.6 Å². The van der Waals surface area contributed by atoms with Gasteiger partial charge in [-0.05, 0) is 36.9 Å². The molecular formula is C27H25Cl2N5O2. The van der Waals surface area contributed by atoms with Crippen molar-refractivity contribution >= 4 is 45.5 Å². The number of rotatable bonds is 6. The first kappa shape index (κ1) is 24.4. The molecule has 7 nitrogen and oxygen atoms in total. The molecule has 3 heterocycles. The molecule has 1 saturated heterocycles. The summed E-state index contributed by atoms with van der Waals surface area (Å²) in [6.45, 7) is 4.96. The molecule has 1 aliphatic heterocycles. The Morgan fingerprint density at radius 1 is 1.08 bits per heavy atom. The third-order valence-electron chi connectivity index (χ3n) is 6.45. The molecule has 0 spiro atoms. The Morgan fingerprint density at radius 2 is 1.89 bits per heavy atom. The number of likely N-dealkylation sites (N-methyl/N-ethyl adjacent to an activating group) is 1. The van der Waals surface area contributed by atoms with Crippen molar-refractivity contribution in [3.63, 3.8) is 0 Å². The highest BCUT2D eigenvalue weighted by atomic mass is 35.5. The normalized spacial score (nSPS) is 14.6. The Kier molecular flexibility index (Phi) is 7.04. The van der Waals surface area contributed by atoms with Gasteiger partial charge in [0.15, 0.2) is 0 Å². The van der Waals surface area contributed by atoms with Crippen molar-refractivity contribution < 1.29 is 9.15 Å². The molecular weight excluding hydrogens is 497 g/mol. The number of piperazine rings is 1. The second-order valence-electron chi connectivity index (χ2n) is 8.86. The van der Waals surface area contributed by atoms with Gasteiger partial charge in [0.1, 0.15) is 17.6 Å². The van der Waals surface area contributed by atoms with Gasteiger partial charge < -0.3 is 19.4 Å². The van der Waals surface area contributed by atoms with E-state index >= 15 is 0 Å². The molecule has 0 amide bonds. The number of anilines is 2. The summed E-state index contributed by atoms with van der Waals surface area (Å²) in [5.41, 5.74) is 4.27. The van der Waals surface area contributed by atoms with Gasteiger partial charge >= 0.3 is 0 Å². The van der Waals surface area contributed by atoms with Crippen LogP contribution < -0.4 is 10.1 Å². The van der Waals surface area contributed by atoms with Crippen LogP contribution in [0.25, 0.3) is 22.0 Å². The Labute approximate surface area is 219 Å². The fourth-order valence-electron chi connectivity index (χ4n) is 4.35. The third kappa shape index (κ3) is 4.99. The minimum atomic E-state index is 0.396. The zero-order chi connectivity index (χ0) is 25.2. The lowest BCUT2D eigenvalue weighted by molar-refractivity contribution is 0.140. The van der Waals surface area contributed by atoms with Crippen LogP contribution in [0.2, 0.25) is 10.0 Å². The van der Waals surface area contributed by atoms with Crippen LogP contribution in [0.4, 0.5) is 11.4 Å². The first-order valence-electron chi connectivity index (χ1n) is 11.6. The molecule has 2 aromatic heterocycles. The SMILES string of the molecule is COc1cc(Nc2c(C#N)cnc3ccc(-c4coc(CN5CCN(C)CC5)c4)cc23)c(Cl)cc1Cl.